The van der Waals surface area contributed by atoms with E-state index in [1.54, 1.807) is 0 Å². The fourth-order valence-corrected chi connectivity index (χ4v) is 6.51. The third-order valence-electron chi connectivity index (χ3n) is 4.16. The first-order chi connectivity index (χ1) is 5.97. The van der Waals surface area contributed by atoms with Crippen LogP contribution in [0.4, 0.5) is 0 Å². The summed E-state index contributed by atoms with van der Waals surface area (Å²) < 4.78 is 0. The van der Waals surface area contributed by atoms with Crippen LogP contribution in [0.3, 0.4) is 0 Å². The van der Waals surface area contributed by atoms with E-state index in [0.717, 1.165) is 23.0 Å². The number of rotatable bonds is 6. The summed E-state index contributed by atoms with van der Waals surface area (Å²) in [6.45, 7) is 8.66. The lowest BCUT2D eigenvalue weighted by Gasteiger charge is -2.59. The zero-order valence-electron chi connectivity index (χ0n) is 9.34. The van der Waals surface area contributed by atoms with Crippen LogP contribution in [0.15, 0.2) is 0 Å². The van der Waals surface area contributed by atoms with Gasteiger partial charge in [0, 0.05) is 0 Å². The summed E-state index contributed by atoms with van der Waals surface area (Å²) in [5, 5.41) is 8.97. The number of thiol groups is 1. The van der Waals surface area contributed by atoms with Crippen molar-refractivity contribution >= 4 is 38.2 Å². The van der Waals surface area contributed by atoms with E-state index < -0.39 is 15.1 Å². The van der Waals surface area contributed by atoms with Crippen LogP contribution in [-0.2, 0) is 4.79 Å². The van der Waals surface area contributed by atoms with Crippen molar-refractivity contribution < 1.29 is 9.90 Å². The number of hydrogen-bond acceptors (Lipinski definition) is 1. The minimum absolute atomic E-state index is 0. The third-order valence-corrected chi connectivity index (χ3v) is 12.5. The Hall–Kier alpha value is 0.586. The van der Waals surface area contributed by atoms with Crippen LogP contribution in [0.25, 0.3) is 0 Å². The van der Waals surface area contributed by atoms with Crippen LogP contribution in [-0.4, -0.2) is 62.9 Å². The number of aliphatic carboxylic acids is 1. The van der Waals surface area contributed by atoms with E-state index in [1.807, 2.05) is 0 Å². The molecule has 0 aromatic heterocycles. The van der Waals surface area contributed by atoms with E-state index in [4.69, 9.17) is 5.11 Å². The fraction of sp³-hybridized carbons (Fsp3) is 0.900. The molecule has 0 amide bonds. The van der Waals surface area contributed by atoms with Crippen LogP contribution in [0, 0.1) is 0 Å². The second kappa shape index (κ2) is 6.23. The highest BCUT2D eigenvalue weighted by atomic mass is 32.3. The van der Waals surface area contributed by atoms with E-state index in [2.05, 4.69) is 27.7 Å². The van der Waals surface area contributed by atoms with Gasteiger partial charge in [0.15, 0.2) is 0 Å². The summed E-state index contributed by atoms with van der Waals surface area (Å²) in [5.74, 6) is 4.17. The Morgan fingerprint density at radius 1 is 1.00 bits per heavy atom. The normalized spacial score (nSPS) is 13.9. The zero-order valence-corrected chi connectivity index (χ0v) is 10.2. The lowest BCUT2D eigenvalue weighted by molar-refractivity contribution is -0.134. The lowest BCUT2D eigenvalue weighted by Crippen LogP contribution is -2.35. The van der Waals surface area contributed by atoms with Crippen molar-refractivity contribution in [3.63, 3.8) is 0 Å². The maximum atomic E-state index is 10.9. The molecule has 0 rings (SSSR count). The smallest absolute Gasteiger partial charge is 0.316 e. The highest BCUT2D eigenvalue weighted by molar-refractivity contribution is 8.49. The van der Waals surface area contributed by atoms with Crippen LogP contribution >= 0.6 is 9.16 Å². The first-order valence-electron chi connectivity index (χ1n) is 5.19. The maximum absolute atomic E-state index is 10.9. The van der Waals surface area contributed by atoms with Gasteiger partial charge in [0.05, 0.1) is 5.75 Å². The number of hydrogen-bond donors (Lipinski definition) is 2. The second-order valence-corrected chi connectivity index (χ2v) is 11.4. The predicted molar refractivity (Wildman–Crippen MR) is 72.2 cm³/mol. The van der Waals surface area contributed by atoms with Crippen molar-refractivity contribution in [3.8, 4) is 0 Å². The average Bonchev–Trinajstić information content (AvgIpc) is 2.15. The zero-order chi connectivity index (χ0) is 10.6. The topological polar surface area (TPSA) is 37.3 Å². The van der Waals surface area contributed by atoms with Crippen LogP contribution in [0.1, 0.15) is 27.7 Å². The van der Waals surface area contributed by atoms with Gasteiger partial charge in [0.25, 0.3) is 0 Å². The van der Waals surface area contributed by atoms with Gasteiger partial charge in [-0.3, -0.25) is 14.0 Å². The molecule has 0 radical (unpaired) electrons. The molecule has 0 aromatic carbocycles. The molecule has 0 heterocycles. The van der Waals surface area contributed by atoms with E-state index >= 15 is 0 Å². The van der Waals surface area contributed by atoms with Crippen LogP contribution in [0.2, 0.25) is 0 Å². The molecule has 86 valence electrons. The second-order valence-electron chi connectivity index (χ2n) is 4.05. The van der Waals surface area contributed by atoms with Crippen molar-refractivity contribution in [2.24, 2.45) is 0 Å². The van der Waals surface area contributed by atoms with E-state index in [-0.39, 0.29) is 23.1 Å². The first kappa shape index (κ1) is 17.0. The Bertz CT molecular complexity index is 167. The summed E-state index contributed by atoms with van der Waals surface area (Å²) in [7, 11) is -1.87. The molecule has 2 nitrogen and oxygen atoms in total. The van der Waals surface area contributed by atoms with Crippen molar-refractivity contribution in [2.45, 2.75) is 27.7 Å². The summed E-state index contributed by atoms with van der Waals surface area (Å²) in [6, 6.07) is 0. The highest BCUT2D eigenvalue weighted by Gasteiger charge is 2.36. The molecule has 0 bridgehead atoms. The summed E-state index contributed by atoms with van der Waals surface area (Å²) in [5.41, 5.74) is 0. The minimum Gasteiger partial charge on any atom is -0.481 e. The van der Waals surface area contributed by atoms with Crippen LogP contribution in [0.5, 0.6) is 0 Å². The number of carbonyl (C=O) groups is 1. The highest BCUT2D eigenvalue weighted by Crippen LogP contribution is 2.67. The predicted octanol–water partition coefficient (Wildman–Crippen LogP) is 1.31. The molecule has 1 N–H and O–H groups in total. The van der Waals surface area contributed by atoms with Gasteiger partial charge in [-0.05, 0) is 23.0 Å². The Morgan fingerprint density at radius 2 is 1.29 bits per heavy atom. The molecule has 0 aliphatic heterocycles. The van der Waals surface area contributed by atoms with Gasteiger partial charge < -0.3 is 5.11 Å². The molecule has 0 saturated heterocycles. The van der Waals surface area contributed by atoms with Crippen molar-refractivity contribution in [3.05, 3.63) is 0 Å². The third kappa shape index (κ3) is 3.31. The Balaban J connectivity index is 0. The van der Waals surface area contributed by atoms with Crippen LogP contribution < -0.4 is 0 Å². The molecule has 0 aliphatic carbocycles. The van der Waals surface area contributed by atoms with Gasteiger partial charge in [-0.15, -0.1) is 0 Å². The van der Waals surface area contributed by atoms with Gasteiger partial charge >= 0.3 is 29.0 Å². The average molecular weight is 235 g/mol. The number of carboxylic acids is 1. The largest absolute Gasteiger partial charge is 0.481 e. The van der Waals surface area contributed by atoms with Gasteiger partial charge in [0.2, 0.25) is 0 Å². The molecule has 14 heavy (non-hydrogen) atoms. The summed E-state index contributed by atoms with van der Waals surface area (Å²) in [6.07, 6.45) is 0. The number of carboxylic acid groups (broad SMARTS) is 1. The van der Waals surface area contributed by atoms with E-state index in [1.165, 1.54) is 0 Å². The van der Waals surface area contributed by atoms with Gasteiger partial charge in [-0.25, -0.2) is 0 Å². The molecular formula is C10H26MgO2S. The van der Waals surface area contributed by atoms with Crippen molar-refractivity contribution in [1.82, 2.24) is 0 Å². The Morgan fingerprint density at radius 3 is 1.36 bits per heavy atom. The van der Waals surface area contributed by atoms with Gasteiger partial charge in [-0.1, -0.05) is 27.7 Å². The van der Waals surface area contributed by atoms with E-state index in [0.29, 0.717) is 5.75 Å². The molecule has 0 fully saturated rings. The van der Waals surface area contributed by atoms with Crippen molar-refractivity contribution in [1.29, 1.82) is 0 Å². The molecule has 0 aromatic rings. The fourth-order valence-electron chi connectivity index (χ4n) is 2.17. The SMILES string of the molecule is CC[SH](CC)(CC)(CC)CC(=O)O.[MgH2]. The molecule has 0 unspecified atom stereocenters. The van der Waals surface area contributed by atoms with Gasteiger partial charge in [0.1, 0.15) is 0 Å². The summed E-state index contributed by atoms with van der Waals surface area (Å²) in [4.78, 5) is 10.9. The molecule has 0 aliphatic rings. The Kier molecular flexibility index (Phi) is 7.56. The first-order valence-corrected chi connectivity index (χ1v) is 8.35. The van der Waals surface area contributed by atoms with Crippen molar-refractivity contribution in [2.75, 3.05) is 28.8 Å². The molecule has 0 spiro atoms. The monoisotopic (exact) mass is 234 g/mol. The lowest BCUT2D eigenvalue weighted by atomic mass is 10.8. The molecule has 0 atom stereocenters. The minimum atomic E-state index is -1.87. The molecule has 4 heteroatoms. The standard InChI is InChI=1S/C10H24O2S.Mg.2H/c1-5-13(6-2,7-3,8-4)9-10(11)12;;;/h13H,5-9H2,1-4H3,(H,11,12);;;. The van der Waals surface area contributed by atoms with E-state index in [9.17, 15) is 4.79 Å². The maximum Gasteiger partial charge on any atom is 0.316 e. The molecule has 0 saturated carbocycles. The summed E-state index contributed by atoms with van der Waals surface area (Å²) >= 11 is 0. The molecular weight excluding hydrogens is 208 g/mol. The van der Waals surface area contributed by atoms with Gasteiger partial charge in [-0.2, -0.15) is 0 Å². The quantitative estimate of drug-likeness (QED) is 0.537. The Labute approximate surface area is 104 Å².